The molecule has 1 aliphatic rings. The average Bonchev–Trinajstić information content (AvgIpc) is 3.50. The summed E-state index contributed by atoms with van der Waals surface area (Å²) in [7, 11) is -0.403. The molecule has 0 radical (unpaired) electrons. The van der Waals surface area contributed by atoms with Gasteiger partial charge in [0.1, 0.15) is 5.82 Å². The van der Waals surface area contributed by atoms with Gasteiger partial charge in [-0.05, 0) is 55.7 Å². The Hall–Kier alpha value is -1.93. The summed E-state index contributed by atoms with van der Waals surface area (Å²) in [5.41, 5.74) is 2.91. The Morgan fingerprint density at radius 1 is 1.10 bits per heavy atom. The quantitative estimate of drug-likeness (QED) is 0.522. The standard InChI is InChI=1S/C22H27ClN4O2S/c1-4-27-21-12-11-19(30(28,29)25(2)3)13-20(21)24-22(27)15-26(18-9-10-18)14-16-5-7-17(23)8-6-16/h5-8,11-13,18H,4,9-10,14-15H2,1-3H3. The van der Waals surface area contributed by atoms with Crippen molar-refractivity contribution in [3.05, 3.63) is 58.9 Å². The molecule has 0 saturated heterocycles. The summed E-state index contributed by atoms with van der Waals surface area (Å²) < 4.78 is 28.4. The molecule has 0 spiro atoms. The van der Waals surface area contributed by atoms with Gasteiger partial charge in [-0.15, -0.1) is 0 Å². The minimum Gasteiger partial charge on any atom is -0.327 e. The molecule has 2 aromatic carbocycles. The second-order valence-corrected chi connectivity index (χ2v) is 10.6. The van der Waals surface area contributed by atoms with Crippen LogP contribution in [0, 0.1) is 0 Å². The lowest BCUT2D eigenvalue weighted by Crippen LogP contribution is -2.26. The van der Waals surface area contributed by atoms with Crippen LogP contribution in [-0.2, 0) is 29.7 Å². The van der Waals surface area contributed by atoms with E-state index in [1.165, 1.54) is 22.7 Å². The highest BCUT2D eigenvalue weighted by Crippen LogP contribution is 2.31. The summed E-state index contributed by atoms with van der Waals surface area (Å²) in [6, 6.07) is 13.8. The van der Waals surface area contributed by atoms with Gasteiger partial charge in [-0.1, -0.05) is 23.7 Å². The van der Waals surface area contributed by atoms with Crippen LogP contribution < -0.4 is 0 Å². The van der Waals surface area contributed by atoms with Crippen LogP contribution >= 0.6 is 11.6 Å². The summed E-state index contributed by atoms with van der Waals surface area (Å²) in [6.45, 7) is 4.45. The van der Waals surface area contributed by atoms with Crippen molar-refractivity contribution < 1.29 is 8.42 Å². The Balaban J connectivity index is 1.66. The number of nitrogens with zero attached hydrogens (tertiary/aromatic N) is 4. The van der Waals surface area contributed by atoms with Gasteiger partial charge in [0.25, 0.3) is 0 Å². The van der Waals surface area contributed by atoms with E-state index in [2.05, 4.69) is 28.5 Å². The third-order valence-corrected chi connectivity index (χ3v) is 7.66. The second kappa shape index (κ2) is 8.30. The SMILES string of the molecule is CCn1c(CN(Cc2ccc(Cl)cc2)C2CC2)nc2cc(S(=O)(=O)N(C)C)ccc21. The Labute approximate surface area is 183 Å². The van der Waals surface area contributed by atoms with Crippen LogP contribution in [0.15, 0.2) is 47.4 Å². The first-order valence-electron chi connectivity index (χ1n) is 10.2. The van der Waals surface area contributed by atoms with Crippen molar-refractivity contribution in [3.8, 4) is 0 Å². The summed E-state index contributed by atoms with van der Waals surface area (Å²) >= 11 is 6.03. The Morgan fingerprint density at radius 2 is 1.80 bits per heavy atom. The maximum Gasteiger partial charge on any atom is 0.242 e. The van der Waals surface area contributed by atoms with Crippen molar-refractivity contribution in [2.75, 3.05) is 14.1 Å². The molecule has 4 rings (SSSR count). The molecule has 30 heavy (non-hydrogen) atoms. The van der Waals surface area contributed by atoms with Gasteiger partial charge in [-0.25, -0.2) is 17.7 Å². The molecule has 0 atom stereocenters. The van der Waals surface area contributed by atoms with Crippen LogP contribution in [0.3, 0.4) is 0 Å². The zero-order valence-corrected chi connectivity index (χ0v) is 19.1. The normalized spacial score (nSPS) is 14.9. The average molecular weight is 447 g/mol. The van der Waals surface area contributed by atoms with E-state index in [-0.39, 0.29) is 4.90 Å². The van der Waals surface area contributed by atoms with Gasteiger partial charge in [0, 0.05) is 38.2 Å². The molecular formula is C22H27ClN4O2S. The van der Waals surface area contributed by atoms with Crippen LogP contribution in [0.25, 0.3) is 11.0 Å². The molecule has 1 heterocycles. The van der Waals surface area contributed by atoms with E-state index in [1.807, 2.05) is 18.2 Å². The summed E-state index contributed by atoms with van der Waals surface area (Å²) in [5.74, 6) is 0.966. The number of hydrogen-bond donors (Lipinski definition) is 0. The molecule has 0 N–H and O–H groups in total. The molecule has 1 saturated carbocycles. The molecule has 160 valence electrons. The van der Waals surface area contributed by atoms with Crippen molar-refractivity contribution in [1.82, 2.24) is 18.8 Å². The van der Waals surface area contributed by atoms with Crippen molar-refractivity contribution >= 4 is 32.7 Å². The first kappa shape index (κ1) is 21.3. The molecule has 0 amide bonds. The monoisotopic (exact) mass is 446 g/mol. The van der Waals surface area contributed by atoms with E-state index in [1.54, 1.807) is 26.2 Å². The first-order valence-corrected chi connectivity index (χ1v) is 12.0. The number of imidazole rings is 1. The van der Waals surface area contributed by atoms with Crippen LogP contribution in [0.4, 0.5) is 0 Å². The molecule has 6 nitrogen and oxygen atoms in total. The highest BCUT2D eigenvalue weighted by atomic mass is 35.5. The number of aromatic nitrogens is 2. The highest BCUT2D eigenvalue weighted by molar-refractivity contribution is 7.89. The van der Waals surface area contributed by atoms with E-state index < -0.39 is 10.0 Å². The number of aryl methyl sites for hydroxylation is 1. The lowest BCUT2D eigenvalue weighted by molar-refractivity contribution is 0.236. The summed E-state index contributed by atoms with van der Waals surface area (Å²) in [5, 5.41) is 0.743. The van der Waals surface area contributed by atoms with Gasteiger partial charge in [0.15, 0.2) is 0 Å². The molecule has 0 unspecified atom stereocenters. The topological polar surface area (TPSA) is 58.4 Å². The number of hydrogen-bond acceptors (Lipinski definition) is 4. The Morgan fingerprint density at radius 3 is 2.40 bits per heavy atom. The second-order valence-electron chi connectivity index (χ2n) is 7.97. The third kappa shape index (κ3) is 4.25. The van der Waals surface area contributed by atoms with E-state index in [9.17, 15) is 8.42 Å². The molecular weight excluding hydrogens is 420 g/mol. The predicted molar refractivity (Wildman–Crippen MR) is 120 cm³/mol. The van der Waals surface area contributed by atoms with Gasteiger partial charge >= 0.3 is 0 Å². The predicted octanol–water partition coefficient (Wildman–Crippen LogP) is 4.12. The molecule has 3 aromatic rings. The van der Waals surface area contributed by atoms with Crippen molar-refractivity contribution in [2.24, 2.45) is 0 Å². The summed E-state index contributed by atoms with van der Waals surface area (Å²) in [4.78, 5) is 7.56. The van der Waals surface area contributed by atoms with Gasteiger partial charge in [-0.2, -0.15) is 0 Å². The van der Waals surface area contributed by atoms with Crippen molar-refractivity contribution in [1.29, 1.82) is 0 Å². The molecule has 0 bridgehead atoms. The number of halogens is 1. The fourth-order valence-electron chi connectivity index (χ4n) is 3.76. The third-order valence-electron chi connectivity index (χ3n) is 5.60. The maximum absolute atomic E-state index is 12.5. The number of fused-ring (bicyclic) bond motifs is 1. The van der Waals surface area contributed by atoms with E-state index in [4.69, 9.17) is 16.6 Å². The van der Waals surface area contributed by atoms with Crippen LogP contribution in [0.5, 0.6) is 0 Å². The minimum atomic E-state index is -3.49. The molecule has 1 fully saturated rings. The minimum absolute atomic E-state index is 0.271. The lowest BCUT2D eigenvalue weighted by atomic mass is 10.2. The largest absolute Gasteiger partial charge is 0.327 e. The zero-order valence-electron chi connectivity index (χ0n) is 17.5. The van der Waals surface area contributed by atoms with Crippen molar-refractivity contribution in [3.63, 3.8) is 0 Å². The van der Waals surface area contributed by atoms with E-state index in [0.717, 1.165) is 41.5 Å². The molecule has 1 aromatic heterocycles. The number of benzene rings is 2. The zero-order chi connectivity index (χ0) is 21.5. The maximum atomic E-state index is 12.5. The van der Waals surface area contributed by atoms with Gasteiger partial charge in [0.2, 0.25) is 10.0 Å². The van der Waals surface area contributed by atoms with Crippen LogP contribution in [-0.4, -0.2) is 47.3 Å². The fourth-order valence-corrected chi connectivity index (χ4v) is 4.81. The van der Waals surface area contributed by atoms with Gasteiger partial charge < -0.3 is 4.57 Å². The van der Waals surface area contributed by atoms with E-state index in [0.29, 0.717) is 6.04 Å². The molecule has 8 heteroatoms. The first-order chi connectivity index (χ1) is 14.3. The fraction of sp³-hybridized carbons (Fsp3) is 0.409. The van der Waals surface area contributed by atoms with Gasteiger partial charge in [0.05, 0.1) is 22.5 Å². The van der Waals surface area contributed by atoms with E-state index >= 15 is 0 Å². The lowest BCUT2D eigenvalue weighted by Gasteiger charge is -2.22. The Bertz CT molecular complexity index is 1150. The van der Waals surface area contributed by atoms with Gasteiger partial charge in [-0.3, -0.25) is 4.90 Å². The smallest absolute Gasteiger partial charge is 0.242 e. The summed E-state index contributed by atoms with van der Waals surface area (Å²) in [6.07, 6.45) is 2.40. The molecule has 1 aliphatic carbocycles. The van der Waals surface area contributed by atoms with Crippen LogP contribution in [0.1, 0.15) is 31.2 Å². The number of sulfonamides is 1. The van der Waals surface area contributed by atoms with Crippen molar-refractivity contribution in [2.45, 2.75) is 50.3 Å². The highest BCUT2D eigenvalue weighted by Gasteiger charge is 2.30. The molecule has 0 aliphatic heterocycles. The number of rotatable bonds is 8. The Kier molecular flexibility index (Phi) is 5.90. The van der Waals surface area contributed by atoms with Crippen LogP contribution in [0.2, 0.25) is 5.02 Å².